The van der Waals surface area contributed by atoms with Gasteiger partial charge in [-0.05, 0) is 13.8 Å². The predicted molar refractivity (Wildman–Crippen MR) is 48.8 cm³/mol. The normalized spacial score (nSPS) is 10.1. The van der Waals surface area contributed by atoms with Crippen molar-refractivity contribution in [2.45, 2.75) is 27.7 Å². The Kier molecular flexibility index (Phi) is 12.9. The van der Waals surface area contributed by atoms with Crippen molar-refractivity contribution in [3.63, 3.8) is 0 Å². The topological polar surface area (TPSA) is 0 Å². The molecular formula is C10H16. The third-order valence-electron chi connectivity index (χ3n) is 0.824. The summed E-state index contributed by atoms with van der Waals surface area (Å²) < 4.78 is 0. The van der Waals surface area contributed by atoms with Crippen molar-refractivity contribution in [1.29, 1.82) is 0 Å². The van der Waals surface area contributed by atoms with Gasteiger partial charge in [-0.3, -0.25) is 0 Å². The van der Waals surface area contributed by atoms with E-state index in [2.05, 4.69) is 5.92 Å². The molecule has 0 N–H and O–H groups in total. The zero-order chi connectivity index (χ0) is 8.41. The van der Waals surface area contributed by atoms with E-state index < -0.39 is 0 Å². The lowest BCUT2D eigenvalue weighted by molar-refractivity contribution is 1.50. The third kappa shape index (κ3) is 7.04. The number of rotatable bonds is 1. The summed E-state index contributed by atoms with van der Waals surface area (Å²) in [7, 11) is 0. The molecule has 0 radical (unpaired) electrons. The fourth-order valence-corrected chi connectivity index (χ4v) is 0.407. The molecule has 0 aliphatic carbocycles. The van der Waals surface area contributed by atoms with E-state index in [0.717, 1.165) is 5.57 Å². The van der Waals surface area contributed by atoms with Crippen molar-refractivity contribution in [1.82, 2.24) is 0 Å². The van der Waals surface area contributed by atoms with Crippen LogP contribution in [0.3, 0.4) is 0 Å². The first-order chi connectivity index (χ1) is 4.85. The van der Waals surface area contributed by atoms with E-state index in [-0.39, 0.29) is 0 Å². The van der Waals surface area contributed by atoms with Gasteiger partial charge in [-0.25, -0.2) is 0 Å². The Hall–Kier alpha value is -0.960. The van der Waals surface area contributed by atoms with Gasteiger partial charge in [0, 0.05) is 5.57 Å². The standard InChI is InChI=1S/C8H10.C2H6/c1-4-7-8(5-2)6-3;1-2/h2,4,6-7H,1,3H3;1-2H3/b7-4-,8-6-;. The Morgan fingerprint density at radius 2 is 1.80 bits per heavy atom. The summed E-state index contributed by atoms with van der Waals surface area (Å²) >= 11 is 0. The molecule has 0 bridgehead atoms. The maximum absolute atomic E-state index is 5.10. The molecule has 0 nitrogen and oxygen atoms in total. The molecule has 0 saturated heterocycles. The molecule has 56 valence electrons. The van der Waals surface area contributed by atoms with Crippen LogP contribution < -0.4 is 0 Å². The van der Waals surface area contributed by atoms with Crippen molar-refractivity contribution in [2.24, 2.45) is 0 Å². The van der Waals surface area contributed by atoms with Crippen molar-refractivity contribution in [3.05, 3.63) is 23.8 Å². The highest BCUT2D eigenvalue weighted by Crippen LogP contribution is 1.91. The smallest absolute Gasteiger partial charge is 0.0196 e. The molecule has 0 aliphatic rings. The second-order valence-electron chi connectivity index (χ2n) is 1.39. The number of hydrogen-bond donors (Lipinski definition) is 0. The third-order valence-corrected chi connectivity index (χ3v) is 0.824. The van der Waals surface area contributed by atoms with Gasteiger partial charge in [0.25, 0.3) is 0 Å². The van der Waals surface area contributed by atoms with Crippen molar-refractivity contribution in [3.8, 4) is 12.3 Å². The van der Waals surface area contributed by atoms with Gasteiger partial charge in [-0.15, -0.1) is 6.42 Å². The van der Waals surface area contributed by atoms with Gasteiger partial charge >= 0.3 is 0 Å². The van der Waals surface area contributed by atoms with Gasteiger partial charge in [0.1, 0.15) is 0 Å². The van der Waals surface area contributed by atoms with Crippen molar-refractivity contribution in [2.75, 3.05) is 0 Å². The predicted octanol–water partition coefficient (Wildman–Crippen LogP) is 3.17. The molecule has 0 saturated carbocycles. The Balaban J connectivity index is 0. The summed E-state index contributed by atoms with van der Waals surface area (Å²) in [4.78, 5) is 0. The first kappa shape index (κ1) is 11.8. The Morgan fingerprint density at radius 1 is 1.30 bits per heavy atom. The summed E-state index contributed by atoms with van der Waals surface area (Å²) in [6.45, 7) is 7.87. The lowest BCUT2D eigenvalue weighted by Crippen LogP contribution is -1.65. The molecule has 0 aromatic carbocycles. The molecule has 0 fully saturated rings. The summed E-state index contributed by atoms with van der Waals surface area (Å²) in [6.07, 6.45) is 10.8. The van der Waals surface area contributed by atoms with Crippen LogP contribution >= 0.6 is 0 Å². The van der Waals surface area contributed by atoms with Gasteiger partial charge in [0.15, 0.2) is 0 Å². The second-order valence-corrected chi connectivity index (χ2v) is 1.39. The molecule has 0 amide bonds. The molecule has 0 unspecified atom stereocenters. The SMILES string of the molecule is C#CC(/C=C\C)=C/C.CC. The van der Waals surface area contributed by atoms with Crippen LogP contribution in [0.5, 0.6) is 0 Å². The quantitative estimate of drug-likeness (QED) is 0.383. The Morgan fingerprint density at radius 3 is 1.90 bits per heavy atom. The van der Waals surface area contributed by atoms with E-state index in [4.69, 9.17) is 6.42 Å². The van der Waals surface area contributed by atoms with Crippen molar-refractivity contribution >= 4 is 0 Å². The molecule has 0 rings (SSSR count). The monoisotopic (exact) mass is 136 g/mol. The molecule has 0 aromatic heterocycles. The molecule has 0 aromatic rings. The molecule has 0 heterocycles. The van der Waals surface area contributed by atoms with E-state index >= 15 is 0 Å². The van der Waals surface area contributed by atoms with Gasteiger partial charge < -0.3 is 0 Å². The highest BCUT2D eigenvalue weighted by Gasteiger charge is 1.75. The van der Waals surface area contributed by atoms with Crippen LogP contribution in [0.2, 0.25) is 0 Å². The van der Waals surface area contributed by atoms with Crippen molar-refractivity contribution < 1.29 is 0 Å². The first-order valence-electron chi connectivity index (χ1n) is 3.60. The molecule has 0 aliphatic heterocycles. The summed E-state index contributed by atoms with van der Waals surface area (Å²) in [5.74, 6) is 2.53. The highest BCUT2D eigenvalue weighted by molar-refractivity contribution is 5.34. The van der Waals surface area contributed by atoms with Crippen LogP contribution in [-0.2, 0) is 0 Å². The molecule has 0 spiro atoms. The molecule has 0 heteroatoms. The van der Waals surface area contributed by atoms with E-state index in [1.54, 1.807) is 0 Å². The van der Waals surface area contributed by atoms with Crippen LogP contribution in [0.15, 0.2) is 23.8 Å². The maximum atomic E-state index is 5.10. The highest BCUT2D eigenvalue weighted by atomic mass is 13.8. The summed E-state index contributed by atoms with van der Waals surface area (Å²) in [5, 5.41) is 0. The van der Waals surface area contributed by atoms with Crippen LogP contribution in [0.1, 0.15) is 27.7 Å². The Labute approximate surface area is 64.6 Å². The average Bonchev–Trinajstić information content (AvgIpc) is 2.04. The zero-order valence-corrected chi connectivity index (χ0v) is 7.31. The van der Waals surface area contributed by atoms with E-state index in [9.17, 15) is 0 Å². The summed E-state index contributed by atoms with van der Waals surface area (Å²) in [6, 6.07) is 0. The minimum Gasteiger partial charge on any atom is -0.115 e. The number of allylic oxidation sites excluding steroid dienone is 4. The second kappa shape index (κ2) is 10.9. The van der Waals surface area contributed by atoms with Gasteiger partial charge in [0.2, 0.25) is 0 Å². The summed E-state index contributed by atoms with van der Waals surface area (Å²) in [5.41, 5.74) is 0.938. The molecule has 10 heavy (non-hydrogen) atoms. The van der Waals surface area contributed by atoms with Crippen LogP contribution in [0.4, 0.5) is 0 Å². The van der Waals surface area contributed by atoms with E-state index in [0.29, 0.717) is 0 Å². The van der Waals surface area contributed by atoms with E-state index in [1.165, 1.54) is 0 Å². The van der Waals surface area contributed by atoms with Crippen LogP contribution in [0, 0.1) is 12.3 Å². The van der Waals surface area contributed by atoms with Gasteiger partial charge in [0.05, 0.1) is 0 Å². The largest absolute Gasteiger partial charge is 0.115 e. The fourth-order valence-electron chi connectivity index (χ4n) is 0.407. The lowest BCUT2D eigenvalue weighted by atomic mass is 10.2. The molecular weight excluding hydrogens is 120 g/mol. The van der Waals surface area contributed by atoms with Gasteiger partial charge in [-0.2, -0.15) is 0 Å². The first-order valence-corrected chi connectivity index (χ1v) is 3.60. The minimum atomic E-state index is 0.938. The average molecular weight is 136 g/mol. The molecule has 0 atom stereocenters. The fraction of sp³-hybridized carbons (Fsp3) is 0.400. The maximum Gasteiger partial charge on any atom is 0.0196 e. The van der Waals surface area contributed by atoms with Crippen LogP contribution in [-0.4, -0.2) is 0 Å². The van der Waals surface area contributed by atoms with E-state index in [1.807, 2.05) is 45.9 Å². The number of terminal acetylenes is 1. The Bertz CT molecular complexity index is 142. The number of hydrogen-bond acceptors (Lipinski definition) is 0. The van der Waals surface area contributed by atoms with Gasteiger partial charge in [-0.1, -0.05) is 38.0 Å². The lowest BCUT2D eigenvalue weighted by Gasteiger charge is -1.81. The minimum absolute atomic E-state index is 0.938. The van der Waals surface area contributed by atoms with Crippen LogP contribution in [0.25, 0.3) is 0 Å². The zero-order valence-electron chi connectivity index (χ0n) is 7.31.